The zero-order chi connectivity index (χ0) is 23.3. The van der Waals surface area contributed by atoms with Gasteiger partial charge in [-0.3, -0.25) is 19.5 Å². The zero-order valence-electron chi connectivity index (χ0n) is 17.3. The normalized spacial score (nSPS) is 16.1. The van der Waals surface area contributed by atoms with Crippen molar-refractivity contribution in [2.45, 2.75) is 13.0 Å². The molecule has 0 bridgehead atoms. The van der Waals surface area contributed by atoms with Crippen LogP contribution >= 0.6 is 15.9 Å². The molecule has 0 aliphatic carbocycles. The van der Waals surface area contributed by atoms with E-state index in [4.69, 9.17) is 4.42 Å². The number of anilines is 1. The molecule has 0 spiro atoms. The molecule has 1 amide bonds. The molecule has 0 fully saturated rings. The van der Waals surface area contributed by atoms with E-state index in [2.05, 4.69) is 20.9 Å². The summed E-state index contributed by atoms with van der Waals surface area (Å²) in [6.07, 6.45) is 3.06. The predicted octanol–water partition coefficient (Wildman–Crippen LogP) is 5.39. The minimum atomic E-state index is -0.986. The number of rotatable bonds is 4. The number of aryl methyl sites for hydroxylation is 1. The fourth-order valence-electron chi connectivity index (χ4n) is 4.03. The second kappa shape index (κ2) is 7.90. The number of ketones is 1. The minimum Gasteiger partial charge on any atom is -0.506 e. The Morgan fingerprint density at radius 2 is 1.82 bits per heavy atom. The summed E-state index contributed by atoms with van der Waals surface area (Å²) in [7, 11) is 0. The average molecular weight is 505 g/mol. The fourth-order valence-corrected chi connectivity index (χ4v) is 4.41. The van der Waals surface area contributed by atoms with Gasteiger partial charge in [0.15, 0.2) is 11.5 Å². The number of aromatic hydroxyl groups is 1. The predicted molar refractivity (Wildman–Crippen MR) is 125 cm³/mol. The van der Waals surface area contributed by atoms with Gasteiger partial charge in [0.1, 0.15) is 11.3 Å². The molecule has 0 radical (unpaired) electrons. The topological polar surface area (TPSA) is 104 Å². The van der Waals surface area contributed by atoms with Crippen LogP contribution in [0.4, 0.5) is 5.69 Å². The third kappa shape index (κ3) is 3.48. The number of halogens is 1. The number of amides is 1. The Labute approximate surface area is 196 Å². The number of aliphatic hydroxyl groups is 1. The third-order valence-electron chi connectivity index (χ3n) is 5.57. The summed E-state index contributed by atoms with van der Waals surface area (Å²) < 4.78 is 6.56. The first-order valence-corrected chi connectivity index (χ1v) is 10.8. The molecule has 0 saturated heterocycles. The summed E-state index contributed by atoms with van der Waals surface area (Å²) in [6.45, 7) is 1.82. The number of benzene rings is 2. The number of furan rings is 1. The maximum Gasteiger partial charge on any atom is 0.294 e. The molecule has 1 aliphatic heterocycles. The summed E-state index contributed by atoms with van der Waals surface area (Å²) in [5, 5.41) is 22.1. The molecular formula is C25H17BrN2O5. The van der Waals surface area contributed by atoms with Crippen LogP contribution in [0.2, 0.25) is 0 Å². The first-order valence-electron chi connectivity index (χ1n) is 10.0. The largest absolute Gasteiger partial charge is 0.506 e. The lowest BCUT2D eigenvalue weighted by Gasteiger charge is -2.27. The summed E-state index contributed by atoms with van der Waals surface area (Å²) in [4.78, 5) is 32.0. The number of pyridine rings is 1. The Morgan fingerprint density at radius 3 is 2.58 bits per heavy atom. The Bertz CT molecular complexity index is 1460. The first-order chi connectivity index (χ1) is 15.8. The van der Waals surface area contributed by atoms with Crippen molar-refractivity contribution in [3.8, 4) is 5.75 Å². The number of aromatic nitrogens is 1. The van der Waals surface area contributed by atoms with Crippen LogP contribution in [0.3, 0.4) is 0 Å². The number of carbonyl (C=O) groups is 2. The van der Waals surface area contributed by atoms with E-state index < -0.39 is 23.5 Å². The number of fused-ring (bicyclic) bond motifs is 1. The van der Waals surface area contributed by atoms with Crippen molar-refractivity contribution in [3.05, 3.63) is 99.7 Å². The highest BCUT2D eigenvalue weighted by Crippen LogP contribution is 2.45. The van der Waals surface area contributed by atoms with Gasteiger partial charge < -0.3 is 14.6 Å². The van der Waals surface area contributed by atoms with Gasteiger partial charge in [0.2, 0.25) is 5.78 Å². The number of hydrogen-bond acceptors (Lipinski definition) is 6. The van der Waals surface area contributed by atoms with Crippen LogP contribution in [0.25, 0.3) is 11.0 Å². The van der Waals surface area contributed by atoms with Crippen LogP contribution in [0.5, 0.6) is 5.75 Å². The van der Waals surface area contributed by atoms with E-state index in [0.717, 1.165) is 10.0 Å². The molecule has 2 aromatic carbocycles. The van der Waals surface area contributed by atoms with Crippen LogP contribution in [0.1, 0.15) is 27.7 Å². The molecule has 0 saturated carbocycles. The van der Waals surface area contributed by atoms with E-state index in [1.807, 2.05) is 6.92 Å². The van der Waals surface area contributed by atoms with Gasteiger partial charge in [0.05, 0.1) is 17.3 Å². The maximum absolute atomic E-state index is 13.6. The monoisotopic (exact) mass is 504 g/mol. The SMILES string of the molecule is Cc1ccc(O)c(N2C(=O)C(O)=C(C(=O)c3cc4cc(Br)ccc4o3)C2c2ccncc2)c1. The van der Waals surface area contributed by atoms with Crippen LogP contribution in [0.15, 0.2) is 87.2 Å². The number of phenols is 1. The van der Waals surface area contributed by atoms with Crippen molar-refractivity contribution in [2.75, 3.05) is 4.90 Å². The van der Waals surface area contributed by atoms with Crippen molar-refractivity contribution in [1.29, 1.82) is 0 Å². The number of hydrogen-bond donors (Lipinski definition) is 2. The minimum absolute atomic E-state index is 0.00757. The van der Waals surface area contributed by atoms with Gasteiger partial charge in [0.25, 0.3) is 5.91 Å². The summed E-state index contributed by atoms with van der Waals surface area (Å²) in [6, 6.07) is 14.0. The van der Waals surface area contributed by atoms with Crippen molar-refractivity contribution in [3.63, 3.8) is 0 Å². The van der Waals surface area contributed by atoms with Crippen LogP contribution in [-0.4, -0.2) is 26.9 Å². The Hall–Kier alpha value is -3.91. The fraction of sp³-hybridized carbons (Fsp3) is 0.0800. The molecule has 33 heavy (non-hydrogen) atoms. The van der Waals surface area contributed by atoms with Crippen molar-refractivity contribution >= 4 is 44.3 Å². The molecule has 1 unspecified atom stereocenters. The highest BCUT2D eigenvalue weighted by atomic mass is 79.9. The molecule has 7 nitrogen and oxygen atoms in total. The van der Waals surface area contributed by atoms with Gasteiger partial charge in [-0.15, -0.1) is 0 Å². The second-order valence-corrected chi connectivity index (χ2v) is 8.65. The molecule has 2 aromatic heterocycles. The van der Waals surface area contributed by atoms with E-state index in [1.165, 1.54) is 23.4 Å². The van der Waals surface area contributed by atoms with Crippen molar-refractivity contribution < 1.29 is 24.2 Å². The van der Waals surface area contributed by atoms with Crippen LogP contribution in [-0.2, 0) is 4.79 Å². The van der Waals surface area contributed by atoms with Crippen molar-refractivity contribution in [1.82, 2.24) is 4.98 Å². The third-order valence-corrected chi connectivity index (χ3v) is 6.06. The number of aliphatic hydroxyl groups excluding tert-OH is 1. The number of nitrogens with zero attached hydrogens (tertiary/aromatic N) is 2. The molecule has 5 rings (SSSR count). The molecule has 164 valence electrons. The van der Waals surface area contributed by atoms with Gasteiger partial charge in [-0.2, -0.15) is 0 Å². The summed E-state index contributed by atoms with van der Waals surface area (Å²) >= 11 is 3.39. The highest BCUT2D eigenvalue weighted by Gasteiger charge is 2.46. The zero-order valence-corrected chi connectivity index (χ0v) is 18.9. The smallest absolute Gasteiger partial charge is 0.294 e. The molecule has 2 N–H and O–H groups in total. The molecule has 8 heteroatoms. The standard InChI is InChI=1S/C25H17BrN2O5/c1-13-2-4-18(29)17(10-13)28-22(14-6-8-27-9-7-14)21(24(31)25(28)32)23(30)20-12-15-11-16(26)3-5-19(15)33-20/h2-12,22,29,31H,1H3. The Kier molecular flexibility index (Phi) is 5.02. The second-order valence-electron chi connectivity index (χ2n) is 7.73. The van der Waals surface area contributed by atoms with E-state index in [9.17, 15) is 19.8 Å². The van der Waals surface area contributed by atoms with Crippen LogP contribution < -0.4 is 4.90 Å². The molecular weight excluding hydrogens is 488 g/mol. The van der Waals surface area contributed by atoms with E-state index in [1.54, 1.807) is 48.5 Å². The van der Waals surface area contributed by atoms with E-state index in [0.29, 0.717) is 16.5 Å². The average Bonchev–Trinajstić information content (AvgIpc) is 3.34. The van der Waals surface area contributed by atoms with Crippen molar-refractivity contribution in [2.24, 2.45) is 0 Å². The van der Waals surface area contributed by atoms with Gasteiger partial charge in [0, 0.05) is 22.3 Å². The van der Waals surface area contributed by atoms with Gasteiger partial charge >= 0.3 is 0 Å². The lowest BCUT2D eigenvalue weighted by Crippen LogP contribution is -2.31. The van der Waals surface area contributed by atoms with Gasteiger partial charge in [-0.1, -0.05) is 22.0 Å². The lowest BCUT2D eigenvalue weighted by molar-refractivity contribution is -0.117. The molecule has 3 heterocycles. The Balaban J connectivity index is 1.68. The van der Waals surface area contributed by atoms with Gasteiger partial charge in [-0.25, -0.2) is 0 Å². The number of phenolic OH excluding ortho intramolecular Hbond substituents is 1. The summed E-state index contributed by atoms with van der Waals surface area (Å²) in [5.41, 5.74) is 1.89. The highest BCUT2D eigenvalue weighted by molar-refractivity contribution is 9.10. The molecule has 1 aliphatic rings. The summed E-state index contributed by atoms with van der Waals surface area (Å²) in [5.74, 6) is -2.26. The number of Topliss-reactive ketones (excluding diaryl/α,β-unsaturated/α-hetero) is 1. The van der Waals surface area contributed by atoms with E-state index in [-0.39, 0.29) is 22.8 Å². The Morgan fingerprint density at radius 1 is 1.06 bits per heavy atom. The number of carbonyl (C=O) groups excluding carboxylic acids is 2. The molecule has 4 aromatic rings. The van der Waals surface area contributed by atoms with Gasteiger partial charge in [-0.05, 0) is 66.6 Å². The van der Waals surface area contributed by atoms with Crippen LogP contribution in [0, 0.1) is 6.92 Å². The first kappa shape index (κ1) is 21.0. The maximum atomic E-state index is 13.6. The quantitative estimate of drug-likeness (QED) is 0.361. The molecule has 1 atom stereocenters. The lowest BCUT2D eigenvalue weighted by atomic mass is 9.95. The van der Waals surface area contributed by atoms with E-state index >= 15 is 0 Å².